The Morgan fingerprint density at radius 3 is 2.81 bits per heavy atom. The second-order valence-corrected chi connectivity index (χ2v) is 5.48. The van der Waals surface area contributed by atoms with E-state index in [0.29, 0.717) is 18.5 Å². The second-order valence-electron chi connectivity index (χ2n) is 5.08. The normalized spacial score (nSPS) is 18.2. The maximum Gasteiger partial charge on any atom is 0.337 e. The number of carboxylic acid groups (broad SMARTS) is 1. The molecule has 1 aromatic carbocycles. The van der Waals surface area contributed by atoms with Crippen LogP contribution < -0.4 is 5.32 Å². The Morgan fingerprint density at radius 1 is 1.38 bits per heavy atom. The summed E-state index contributed by atoms with van der Waals surface area (Å²) >= 11 is 5.85. The summed E-state index contributed by atoms with van der Waals surface area (Å²) in [5, 5.41) is 11.7. The van der Waals surface area contributed by atoms with Crippen LogP contribution >= 0.6 is 11.6 Å². The lowest BCUT2D eigenvalue weighted by molar-refractivity contribution is -0.117. The van der Waals surface area contributed by atoms with E-state index in [0.717, 1.165) is 25.9 Å². The first-order valence-electron chi connectivity index (χ1n) is 7.00. The molecule has 0 saturated carbocycles. The zero-order valence-electron chi connectivity index (χ0n) is 11.6. The number of carbonyl (C=O) groups excluding carboxylic acids is 1. The number of aromatic carboxylic acids is 1. The van der Waals surface area contributed by atoms with Gasteiger partial charge in [0.05, 0.1) is 16.7 Å². The van der Waals surface area contributed by atoms with Gasteiger partial charge >= 0.3 is 5.97 Å². The molecule has 1 saturated heterocycles. The fourth-order valence-corrected chi connectivity index (χ4v) is 2.58. The molecule has 0 aromatic heterocycles. The Labute approximate surface area is 128 Å². The summed E-state index contributed by atoms with van der Waals surface area (Å²) in [6.45, 7) is 0.776. The molecule has 5 nitrogen and oxygen atoms in total. The molecule has 1 amide bonds. The summed E-state index contributed by atoms with van der Waals surface area (Å²) in [7, 11) is 0. The monoisotopic (exact) mass is 311 g/mol. The van der Waals surface area contributed by atoms with Gasteiger partial charge in [0.1, 0.15) is 0 Å². The van der Waals surface area contributed by atoms with Crippen LogP contribution in [-0.4, -0.2) is 29.7 Å². The van der Waals surface area contributed by atoms with Gasteiger partial charge in [-0.15, -0.1) is 0 Å². The van der Waals surface area contributed by atoms with E-state index in [-0.39, 0.29) is 22.6 Å². The number of benzene rings is 1. The third kappa shape index (κ3) is 4.72. The molecular formula is C15H18ClNO4. The molecule has 2 rings (SSSR count). The number of anilines is 1. The van der Waals surface area contributed by atoms with E-state index in [4.69, 9.17) is 21.4 Å². The number of ether oxygens (including phenoxy) is 1. The van der Waals surface area contributed by atoms with Crippen LogP contribution in [0.25, 0.3) is 0 Å². The van der Waals surface area contributed by atoms with Gasteiger partial charge in [0.2, 0.25) is 5.91 Å². The first kappa shape index (κ1) is 15.8. The number of amides is 1. The van der Waals surface area contributed by atoms with E-state index in [1.165, 1.54) is 18.2 Å². The van der Waals surface area contributed by atoms with Crippen molar-refractivity contribution in [2.75, 3.05) is 11.9 Å². The quantitative estimate of drug-likeness (QED) is 0.874. The summed E-state index contributed by atoms with van der Waals surface area (Å²) < 4.78 is 5.57. The largest absolute Gasteiger partial charge is 0.478 e. The molecule has 1 aliphatic rings. The van der Waals surface area contributed by atoms with Crippen LogP contribution in [0.1, 0.15) is 42.5 Å². The molecule has 1 aliphatic heterocycles. The minimum absolute atomic E-state index is 0.0188. The lowest BCUT2D eigenvalue weighted by Gasteiger charge is -2.22. The zero-order chi connectivity index (χ0) is 15.2. The van der Waals surface area contributed by atoms with Crippen molar-refractivity contribution in [3.05, 3.63) is 28.8 Å². The van der Waals surface area contributed by atoms with E-state index in [9.17, 15) is 9.59 Å². The molecule has 0 radical (unpaired) electrons. The highest BCUT2D eigenvalue weighted by molar-refractivity contribution is 6.33. The number of nitrogens with one attached hydrogen (secondary N) is 1. The van der Waals surface area contributed by atoms with Gasteiger partial charge < -0.3 is 15.2 Å². The van der Waals surface area contributed by atoms with Gasteiger partial charge in [-0.05, 0) is 43.9 Å². The Kier molecular flexibility index (Phi) is 5.59. The SMILES string of the molecule is O=C(CCC1CCCCO1)Nc1ccc(C(=O)O)c(Cl)c1. The summed E-state index contributed by atoms with van der Waals surface area (Å²) in [5.41, 5.74) is 0.518. The molecule has 0 spiro atoms. The van der Waals surface area contributed by atoms with Crippen LogP contribution in [0.2, 0.25) is 5.02 Å². The number of carboxylic acids is 1. The minimum Gasteiger partial charge on any atom is -0.478 e. The van der Waals surface area contributed by atoms with Crippen LogP contribution in [-0.2, 0) is 9.53 Å². The van der Waals surface area contributed by atoms with E-state index in [1.807, 2.05) is 0 Å². The predicted octanol–water partition coefficient (Wildman–Crippen LogP) is 3.33. The summed E-state index contributed by atoms with van der Waals surface area (Å²) in [6, 6.07) is 4.36. The van der Waals surface area contributed by atoms with Crippen LogP contribution in [0.5, 0.6) is 0 Å². The molecule has 0 aliphatic carbocycles. The number of halogens is 1. The van der Waals surface area contributed by atoms with Gasteiger partial charge in [0, 0.05) is 18.7 Å². The Balaban J connectivity index is 1.84. The molecule has 1 heterocycles. The van der Waals surface area contributed by atoms with Crippen LogP contribution in [0.15, 0.2) is 18.2 Å². The van der Waals surface area contributed by atoms with E-state index >= 15 is 0 Å². The maximum absolute atomic E-state index is 11.9. The van der Waals surface area contributed by atoms with Gasteiger partial charge in [-0.2, -0.15) is 0 Å². The zero-order valence-corrected chi connectivity index (χ0v) is 12.4. The van der Waals surface area contributed by atoms with Crippen molar-refractivity contribution in [2.24, 2.45) is 0 Å². The van der Waals surface area contributed by atoms with Crippen LogP contribution in [0.4, 0.5) is 5.69 Å². The average molecular weight is 312 g/mol. The third-order valence-corrected chi connectivity index (χ3v) is 3.76. The van der Waals surface area contributed by atoms with Crippen molar-refractivity contribution in [2.45, 2.75) is 38.2 Å². The second kappa shape index (κ2) is 7.43. The first-order valence-corrected chi connectivity index (χ1v) is 7.38. The van der Waals surface area contributed by atoms with Crippen molar-refractivity contribution in [3.63, 3.8) is 0 Å². The summed E-state index contributed by atoms with van der Waals surface area (Å²) in [6.07, 6.45) is 4.50. The maximum atomic E-state index is 11.9. The third-order valence-electron chi connectivity index (χ3n) is 3.45. The van der Waals surface area contributed by atoms with E-state index < -0.39 is 5.97 Å². The lowest BCUT2D eigenvalue weighted by atomic mass is 10.0. The van der Waals surface area contributed by atoms with Gasteiger partial charge in [0.15, 0.2) is 0 Å². The predicted molar refractivity (Wildman–Crippen MR) is 79.9 cm³/mol. The highest BCUT2D eigenvalue weighted by atomic mass is 35.5. The smallest absolute Gasteiger partial charge is 0.337 e. The number of rotatable bonds is 5. The van der Waals surface area contributed by atoms with Gasteiger partial charge in [-0.1, -0.05) is 11.6 Å². The summed E-state index contributed by atoms with van der Waals surface area (Å²) in [4.78, 5) is 22.7. The standard InChI is InChI=1S/C15H18ClNO4/c16-13-9-10(4-6-12(13)15(19)20)17-14(18)7-5-11-3-1-2-8-21-11/h4,6,9,11H,1-3,5,7-8H2,(H,17,18)(H,19,20). The van der Waals surface area contributed by atoms with Crippen molar-refractivity contribution >= 4 is 29.2 Å². The minimum atomic E-state index is -1.09. The molecule has 1 aromatic rings. The van der Waals surface area contributed by atoms with Crippen molar-refractivity contribution < 1.29 is 19.4 Å². The Hall–Kier alpha value is -1.59. The molecule has 114 valence electrons. The number of hydrogen-bond acceptors (Lipinski definition) is 3. The topological polar surface area (TPSA) is 75.6 Å². The molecule has 1 unspecified atom stereocenters. The molecule has 2 N–H and O–H groups in total. The van der Waals surface area contributed by atoms with Gasteiger partial charge in [0.25, 0.3) is 0 Å². The summed E-state index contributed by atoms with van der Waals surface area (Å²) in [5.74, 6) is -1.21. The molecular weight excluding hydrogens is 294 g/mol. The van der Waals surface area contributed by atoms with E-state index in [1.54, 1.807) is 0 Å². The molecule has 1 fully saturated rings. The first-order chi connectivity index (χ1) is 10.1. The highest BCUT2D eigenvalue weighted by Gasteiger charge is 2.16. The van der Waals surface area contributed by atoms with Crippen LogP contribution in [0, 0.1) is 0 Å². The fraction of sp³-hybridized carbons (Fsp3) is 0.467. The van der Waals surface area contributed by atoms with Crippen molar-refractivity contribution in [3.8, 4) is 0 Å². The Bertz CT molecular complexity index is 526. The Morgan fingerprint density at radius 2 is 2.19 bits per heavy atom. The molecule has 0 bridgehead atoms. The van der Waals surface area contributed by atoms with Crippen molar-refractivity contribution in [1.29, 1.82) is 0 Å². The van der Waals surface area contributed by atoms with E-state index in [2.05, 4.69) is 5.32 Å². The number of carbonyl (C=O) groups is 2. The number of hydrogen-bond donors (Lipinski definition) is 2. The van der Waals surface area contributed by atoms with Gasteiger partial charge in [-0.25, -0.2) is 4.79 Å². The lowest BCUT2D eigenvalue weighted by Crippen LogP contribution is -2.21. The highest BCUT2D eigenvalue weighted by Crippen LogP contribution is 2.22. The molecule has 1 atom stereocenters. The average Bonchev–Trinajstić information content (AvgIpc) is 2.46. The molecule has 21 heavy (non-hydrogen) atoms. The van der Waals surface area contributed by atoms with Crippen LogP contribution in [0.3, 0.4) is 0 Å². The molecule has 6 heteroatoms. The van der Waals surface area contributed by atoms with Gasteiger partial charge in [-0.3, -0.25) is 4.79 Å². The fourth-order valence-electron chi connectivity index (χ4n) is 2.32. The van der Waals surface area contributed by atoms with Crippen molar-refractivity contribution in [1.82, 2.24) is 0 Å².